The number of rotatable bonds is 8. The third-order valence-electron chi connectivity index (χ3n) is 3.51. The molecule has 0 saturated carbocycles. The van der Waals surface area contributed by atoms with Gasteiger partial charge >= 0.3 is 11.4 Å². The normalized spacial score (nSPS) is 20.3. The Morgan fingerprint density at radius 2 is 2.22 bits per heavy atom. The summed E-state index contributed by atoms with van der Waals surface area (Å²) in [6.45, 7) is 0.413. The number of alkyl halides is 5. The van der Waals surface area contributed by atoms with Crippen LogP contribution in [0.5, 0.6) is 0 Å². The van der Waals surface area contributed by atoms with Crippen LogP contribution in [-0.4, -0.2) is 73.6 Å². The molecule has 0 spiro atoms. The molecule has 0 aliphatic carbocycles. The van der Waals surface area contributed by atoms with Crippen molar-refractivity contribution in [3.8, 4) is 0 Å². The first-order valence-electron chi connectivity index (χ1n) is 7.79. The molecule has 2 rings (SSSR count). The number of allylic oxidation sites excluding steroid dienone is 1. The summed E-state index contributed by atoms with van der Waals surface area (Å²) < 4.78 is 55.0. The van der Waals surface area contributed by atoms with Crippen molar-refractivity contribution < 1.29 is 27.1 Å². The van der Waals surface area contributed by atoms with E-state index in [1.165, 1.54) is 7.05 Å². The number of nitrogens with two attached hydrogens (primary N) is 1. The van der Waals surface area contributed by atoms with E-state index in [1.54, 1.807) is 18.9 Å². The lowest BCUT2D eigenvalue weighted by atomic mass is 10.2. The second-order valence-corrected chi connectivity index (χ2v) is 7.16. The van der Waals surface area contributed by atoms with Crippen molar-refractivity contribution in [2.45, 2.75) is 24.3 Å². The topological polar surface area (TPSA) is 92.0 Å². The van der Waals surface area contributed by atoms with Crippen LogP contribution in [0.3, 0.4) is 0 Å². The summed E-state index contributed by atoms with van der Waals surface area (Å²) in [7, 11) is 3.06. The Hall–Kier alpha value is -1.40. The number of aliphatic imine (C=N–C) groups is 1. The van der Waals surface area contributed by atoms with E-state index in [-0.39, 0.29) is 18.8 Å². The summed E-state index contributed by atoms with van der Waals surface area (Å²) in [6, 6.07) is -1.48. The molecule has 2 heterocycles. The molecule has 2 aliphatic rings. The molecule has 7 nitrogen and oxygen atoms in total. The van der Waals surface area contributed by atoms with Crippen LogP contribution < -0.4 is 16.4 Å². The van der Waals surface area contributed by atoms with Crippen LogP contribution in [0.15, 0.2) is 16.4 Å². The van der Waals surface area contributed by atoms with E-state index in [4.69, 9.17) is 22.1 Å². The number of carbonyl (C=O) groups is 1. The van der Waals surface area contributed by atoms with Gasteiger partial charge in [0.25, 0.3) is 6.43 Å². The van der Waals surface area contributed by atoms with Gasteiger partial charge in [-0.2, -0.15) is 8.78 Å². The van der Waals surface area contributed by atoms with Crippen molar-refractivity contribution in [1.29, 1.82) is 0 Å². The van der Waals surface area contributed by atoms with Crippen LogP contribution >= 0.6 is 23.4 Å². The quantitative estimate of drug-likeness (QED) is 0.400. The van der Waals surface area contributed by atoms with Crippen LogP contribution in [0.2, 0.25) is 0 Å². The van der Waals surface area contributed by atoms with Crippen molar-refractivity contribution in [2.75, 3.05) is 39.7 Å². The molecular weight excluding hydrogens is 414 g/mol. The summed E-state index contributed by atoms with van der Waals surface area (Å²) in [5, 5.41) is 2.47. The zero-order valence-corrected chi connectivity index (χ0v) is 16.3. The third-order valence-corrected chi connectivity index (χ3v) is 4.50. The van der Waals surface area contributed by atoms with E-state index < -0.39 is 36.0 Å². The van der Waals surface area contributed by atoms with Crippen molar-refractivity contribution in [2.24, 2.45) is 10.7 Å². The molecule has 1 atom stereocenters. The minimum atomic E-state index is -3.43. The number of likely N-dealkylation sites (N-methyl/N-ethyl adjacent to an activating group) is 1. The number of hydrogen-bond donors (Lipinski definition) is 3. The molecule has 0 radical (unpaired) electrons. The predicted molar refractivity (Wildman–Crippen MR) is 97.4 cm³/mol. The molecule has 27 heavy (non-hydrogen) atoms. The molecule has 1 saturated heterocycles. The predicted octanol–water partition coefficient (Wildman–Crippen LogP) is 1.99. The fourth-order valence-corrected chi connectivity index (χ4v) is 2.89. The SMILES string of the molecule is CN/C(CN1CC(CC(F)(F)Cl)NC1=O)=C(\N)C(F)F.COCC1=NCS1. The molecule has 156 valence electrons. The van der Waals surface area contributed by atoms with Gasteiger partial charge in [0, 0.05) is 27.1 Å². The first-order chi connectivity index (χ1) is 12.6. The number of hydrogen-bond acceptors (Lipinski definition) is 6. The Morgan fingerprint density at radius 1 is 1.59 bits per heavy atom. The van der Waals surface area contributed by atoms with E-state index in [2.05, 4.69) is 15.6 Å². The number of urea groups is 1. The zero-order valence-electron chi connectivity index (χ0n) is 14.8. The Balaban J connectivity index is 0.000000433. The van der Waals surface area contributed by atoms with Crippen molar-refractivity contribution >= 4 is 34.4 Å². The summed E-state index contributed by atoms with van der Waals surface area (Å²) in [4.78, 5) is 16.7. The molecule has 1 unspecified atom stereocenters. The Labute approximate surface area is 163 Å². The van der Waals surface area contributed by atoms with Crippen LogP contribution in [0.4, 0.5) is 22.4 Å². The molecule has 4 N–H and O–H groups in total. The molecule has 0 aromatic rings. The summed E-state index contributed by atoms with van der Waals surface area (Å²) in [5.74, 6) is 0.929. The van der Waals surface area contributed by atoms with Gasteiger partial charge in [0.2, 0.25) is 0 Å². The lowest BCUT2D eigenvalue weighted by Crippen LogP contribution is -2.34. The number of nitrogens with one attached hydrogen (secondary N) is 2. The standard InChI is InChI=1S/C10H15ClF4N4O.C4H7NOS/c1-17-6(7(16)8(12)13)4-19-3-5(18-9(19)20)2-10(11,14)15;1-6-2-4-5-3-7-4/h5,8,17H,2-4,16H2,1H3,(H,18,20);2-3H2,1H3/b7-6-;. The fourth-order valence-electron chi connectivity index (χ4n) is 2.20. The maximum atomic E-state index is 12.6. The average Bonchev–Trinajstić information content (AvgIpc) is 2.85. The van der Waals surface area contributed by atoms with Gasteiger partial charge in [-0.25, -0.2) is 13.6 Å². The van der Waals surface area contributed by atoms with Crippen LogP contribution in [0, 0.1) is 0 Å². The first kappa shape index (κ1) is 23.6. The van der Waals surface area contributed by atoms with Gasteiger partial charge < -0.3 is 26.0 Å². The monoisotopic (exact) mass is 435 g/mol. The van der Waals surface area contributed by atoms with Gasteiger partial charge in [0.1, 0.15) is 0 Å². The highest BCUT2D eigenvalue weighted by Gasteiger charge is 2.37. The second-order valence-electron chi connectivity index (χ2n) is 5.59. The number of ether oxygens (including phenoxy) is 1. The van der Waals surface area contributed by atoms with Crippen LogP contribution in [-0.2, 0) is 4.74 Å². The van der Waals surface area contributed by atoms with Gasteiger partial charge in [-0.1, -0.05) is 11.8 Å². The lowest BCUT2D eigenvalue weighted by Gasteiger charge is -2.19. The lowest BCUT2D eigenvalue weighted by molar-refractivity contribution is 0.0761. The van der Waals surface area contributed by atoms with Gasteiger partial charge in [-0.05, 0) is 11.6 Å². The van der Waals surface area contributed by atoms with Crippen LogP contribution in [0.1, 0.15) is 6.42 Å². The largest absolute Gasteiger partial charge is 0.396 e. The Kier molecular flexibility index (Phi) is 9.47. The van der Waals surface area contributed by atoms with Gasteiger partial charge in [0.05, 0.1) is 41.5 Å². The van der Waals surface area contributed by atoms with E-state index in [0.29, 0.717) is 6.61 Å². The number of amides is 2. The zero-order chi connectivity index (χ0) is 20.6. The first-order valence-corrected chi connectivity index (χ1v) is 9.15. The smallest absolute Gasteiger partial charge is 0.323 e. The maximum Gasteiger partial charge on any atom is 0.323 e. The van der Waals surface area contributed by atoms with Gasteiger partial charge in [-0.15, -0.1) is 0 Å². The Bertz CT molecular complexity index is 574. The average molecular weight is 436 g/mol. The van der Waals surface area contributed by atoms with Gasteiger partial charge in [-0.3, -0.25) is 4.99 Å². The Morgan fingerprint density at radius 3 is 2.59 bits per heavy atom. The number of methoxy groups -OCH3 is 1. The minimum Gasteiger partial charge on any atom is -0.396 e. The molecule has 1 fully saturated rings. The van der Waals surface area contributed by atoms with Crippen LogP contribution in [0.25, 0.3) is 0 Å². The van der Waals surface area contributed by atoms with E-state index in [1.807, 2.05) is 0 Å². The third kappa shape index (κ3) is 8.43. The van der Waals surface area contributed by atoms with Gasteiger partial charge in [0.15, 0.2) is 0 Å². The van der Waals surface area contributed by atoms with E-state index >= 15 is 0 Å². The van der Waals surface area contributed by atoms with E-state index in [0.717, 1.165) is 15.8 Å². The summed E-state index contributed by atoms with van der Waals surface area (Å²) in [5.41, 5.74) is 4.48. The van der Waals surface area contributed by atoms with E-state index in [9.17, 15) is 22.4 Å². The number of thioether (sulfide) groups is 1. The fraction of sp³-hybridized carbons (Fsp3) is 0.714. The number of halogens is 5. The molecular formula is C14H22ClF4N5O2S. The molecule has 2 aliphatic heterocycles. The molecule has 0 bridgehead atoms. The molecule has 0 aromatic carbocycles. The van der Waals surface area contributed by atoms with Crippen molar-refractivity contribution in [3.05, 3.63) is 11.4 Å². The number of nitrogens with zero attached hydrogens (tertiary/aromatic N) is 2. The highest BCUT2D eigenvalue weighted by molar-refractivity contribution is 8.15. The number of carbonyl (C=O) groups excluding carboxylic acids is 1. The minimum absolute atomic E-state index is 0.0339. The highest BCUT2D eigenvalue weighted by Crippen LogP contribution is 2.27. The summed E-state index contributed by atoms with van der Waals surface area (Å²) >= 11 is 6.54. The highest BCUT2D eigenvalue weighted by atomic mass is 35.5. The maximum absolute atomic E-state index is 12.6. The second kappa shape index (κ2) is 10.8. The molecule has 13 heteroatoms. The molecule has 0 aromatic heterocycles. The molecule has 2 amide bonds. The van der Waals surface area contributed by atoms with Crippen molar-refractivity contribution in [1.82, 2.24) is 15.5 Å². The summed E-state index contributed by atoms with van der Waals surface area (Å²) in [6.07, 6.45) is -3.61. The van der Waals surface area contributed by atoms with Crippen molar-refractivity contribution in [3.63, 3.8) is 0 Å².